The lowest BCUT2D eigenvalue weighted by Gasteiger charge is -2.08. The zero-order chi connectivity index (χ0) is 14.7. The van der Waals surface area contributed by atoms with Crippen LogP contribution in [0.3, 0.4) is 0 Å². The van der Waals surface area contributed by atoms with Crippen molar-refractivity contribution in [2.45, 2.75) is 33.2 Å². The third-order valence-corrected chi connectivity index (χ3v) is 2.90. The van der Waals surface area contributed by atoms with E-state index in [1.165, 1.54) is 0 Å². The number of nitrogens with zero attached hydrogens (tertiary/aromatic N) is 2. The number of aromatic amines is 1. The van der Waals surface area contributed by atoms with Crippen molar-refractivity contribution in [3.63, 3.8) is 0 Å². The Bertz CT molecular complexity index is 591. The maximum atomic E-state index is 11.9. The van der Waals surface area contributed by atoms with Crippen LogP contribution in [0.4, 0.5) is 0 Å². The fourth-order valence-corrected chi connectivity index (χ4v) is 1.89. The van der Waals surface area contributed by atoms with Gasteiger partial charge in [0.2, 0.25) is 5.89 Å². The molecule has 0 aromatic carbocycles. The molecule has 2 aromatic heterocycles. The number of amides is 1. The van der Waals surface area contributed by atoms with Crippen LogP contribution in [0.5, 0.6) is 0 Å². The first-order chi connectivity index (χ1) is 9.45. The maximum Gasteiger partial charge on any atom is 0.268 e. The molecule has 7 heteroatoms. The van der Waals surface area contributed by atoms with E-state index in [9.17, 15) is 4.79 Å². The first kappa shape index (κ1) is 14.6. The number of hydrogen-bond donors (Lipinski definition) is 2. The van der Waals surface area contributed by atoms with E-state index in [0.29, 0.717) is 28.3 Å². The summed E-state index contributed by atoms with van der Waals surface area (Å²) < 4.78 is 5.16. The Balaban J connectivity index is 1.99. The van der Waals surface area contributed by atoms with E-state index < -0.39 is 0 Å². The van der Waals surface area contributed by atoms with Gasteiger partial charge in [0.05, 0.1) is 5.02 Å². The van der Waals surface area contributed by atoms with Crippen LogP contribution in [0.15, 0.2) is 16.8 Å². The van der Waals surface area contributed by atoms with Crippen LogP contribution in [0.2, 0.25) is 5.02 Å². The summed E-state index contributed by atoms with van der Waals surface area (Å²) in [5.41, 5.74) is 0.392. The fourth-order valence-electron chi connectivity index (χ4n) is 1.73. The van der Waals surface area contributed by atoms with Gasteiger partial charge in [-0.05, 0) is 18.9 Å². The van der Waals surface area contributed by atoms with Gasteiger partial charge in [-0.3, -0.25) is 4.79 Å². The zero-order valence-electron chi connectivity index (χ0n) is 11.6. The summed E-state index contributed by atoms with van der Waals surface area (Å²) in [6.07, 6.45) is 2.30. The minimum atomic E-state index is -0.363. The highest BCUT2D eigenvalue weighted by atomic mass is 35.5. The van der Waals surface area contributed by atoms with E-state index in [1.54, 1.807) is 19.2 Å². The predicted octanol–water partition coefficient (Wildman–Crippen LogP) is 2.74. The third-order valence-electron chi connectivity index (χ3n) is 2.69. The minimum absolute atomic E-state index is 0.270. The SMILES string of the molecule is CC(C)Cc1noc(C(C)NC(=O)c2cc(Cl)c[nH]2)n1. The Kier molecular flexibility index (Phi) is 4.44. The van der Waals surface area contributed by atoms with Gasteiger partial charge in [-0.15, -0.1) is 0 Å². The molecule has 0 saturated carbocycles. The van der Waals surface area contributed by atoms with Gasteiger partial charge < -0.3 is 14.8 Å². The van der Waals surface area contributed by atoms with Gasteiger partial charge in [0.25, 0.3) is 5.91 Å². The smallest absolute Gasteiger partial charge is 0.268 e. The maximum absolute atomic E-state index is 11.9. The molecule has 2 heterocycles. The molecule has 1 unspecified atom stereocenters. The van der Waals surface area contributed by atoms with Crippen molar-refractivity contribution in [2.75, 3.05) is 0 Å². The number of hydrogen-bond acceptors (Lipinski definition) is 4. The van der Waals surface area contributed by atoms with Crippen molar-refractivity contribution >= 4 is 17.5 Å². The second-order valence-corrected chi connectivity index (χ2v) is 5.51. The van der Waals surface area contributed by atoms with E-state index >= 15 is 0 Å². The first-order valence-electron chi connectivity index (χ1n) is 6.43. The monoisotopic (exact) mass is 296 g/mol. The summed E-state index contributed by atoms with van der Waals surface area (Å²) in [5, 5.41) is 7.15. The number of halogens is 1. The Morgan fingerprint density at radius 2 is 2.25 bits per heavy atom. The molecule has 0 saturated heterocycles. The van der Waals surface area contributed by atoms with Crippen LogP contribution < -0.4 is 5.32 Å². The van der Waals surface area contributed by atoms with Crippen LogP contribution in [-0.2, 0) is 6.42 Å². The molecule has 0 aliphatic heterocycles. The number of rotatable bonds is 5. The summed E-state index contributed by atoms with van der Waals surface area (Å²) in [6, 6.07) is 1.19. The molecule has 20 heavy (non-hydrogen) atoms. The molecular formula is C13H17ClN4O2. The standard InChI is InChI=1S/C13H17ClN4O2/c1-7(2)4-11-17-13(20-18-11)8(3)16-12(19)10-5-9(14)6-15-10/h5-8,15H,4H2,1-3H3,(H,16,19). The summed E-state index contributed by atoms with van der Waals surface area (Å²) in [4.78, 5) is 19.0. The number of carbonyl (C=O) groups is 1. The Hall–Kier alpha value is -1.82. The lowest BCUT2D eigenvalue weighted by atomic mass is 10.1. The first-order valence-corrected chi connectivity index (χ1v) is 6.80. The number of aromatic nitrogens is 3. The van der Waals surface area contributed by atoms with Crippen LogP contribution >= 0.6 is 11.6 Å². The quantitative estimate of drug-likeness (QED) is 0.888. The van der Waals surface area contributed by atoms with Crippen LogP contribution in [0.1, 0.15) is 49.0 Å². The van der Waals surface area contributed by atoms with Gasteiger partial charge in [-0.2, -0.15) is 4.98 Å². The largest absolute Gasteiger partial charge is 0.356 e. The van der Waals surface area contributed by atoms with E-state index in [2.05, 4.69) is 34.3 Å². The minimum Gasteiger partial charge on any atom is -0.356 e. The van der Waals surface area contributed by atoms with Gasteiger partial charge in [-0.1, -0.05) is 30.6 Å². The molecule has 1 atom stereocenters. The van der Waals surface area contributed by atoms with Crippen molar-refractivity contribution in [3.05, 3.63) is 34.7 Å². The third kappa shape index (κ3) is 3.60. The Labute approximate surface area is 121 Å². The topological polar surface area (TPSA) is 83.8 Å². The highest BCUT2D eigenvalue weighted by Crippen LogP contribution is 2.14. The summed E-state index contributed by atoms with van der Waals surface area (Å²) in [6.45, 7) is 5.95. The van der Waals surface area contributed by atoms with Crippen molar-refractivity contribution in [3.8, 4) is 0 Å². The molecule has 0 fully saturated rings. The second-order valence-electron chi connectivity index (χ2n) is 5.07. The molecule has 0 bridgehead atoms. The normalized spacial score (nSPS) is 12.7. The van der Waals surface area contributed by atoms with Crippen molar-refractivity contribution in [1.82, 2.24) is 20.4 Å². The van der Waals surface area contributed by atoms with Gasteiger partial charge in [-0.25, -0.2) is 0 Å². The molecule has 2 aromatic rings. The van der Waals surface area contributed by atoms with Crippen LogP contribution in [0.25, 0.3) is 0 Å². The molecule has 2 rings (SSSR count). The lowest BCUT2D eigenvalue weighted by Crippen LogP contribution is -2.27. The van der Waals surface area contributed by atoms with Crippen molar-refractivity contribution in [1.29, 1.82) is 0 Å². The molecule has 1 amide bonds. The van der Waals surface area contributed by atoms with E-state index in [1.807, 2.05) is 0 Å². The molecule has 108 valence electrons. The molecule has 0 radical (unpaired) electrons. The molecule has 2 N–H and O–H groups in total. The fraction of sp³-hybridized carbons (Fsp3) is 0.462. The van der Waals surface area contributed by atoms with Crippen LogP contribution in [-0.4, -0.2) is 21.0 Å². The Morgan fingerprint density at radius 1 is 1.50 bits per heavy atom. The molecular weight excluding hydrogens is 280 g/mol. The summed E-state index contributed by atoms with van der Waals surface area (Å²) in [5.74, 6) is 1.23. The van der Waals surface area contributed by atoms with E-state index in [4.69, 9.17) is 16.1 Å². The summed E-state index contributed by atoms with van der Waals surface area (Å²) >= 11 is 5.76. The van der Waals surface area contributed by atoms with E-state index in [-0.39, 0.29) is 11.9 Å². The average molecular weight is 297 g/mol. The second kappa shape index (κ2) is 6.09. The Morgan fingerprint density at radius 3 is 2.85 bits per heavy atom. The summed E-state index contributed by atoms with van der Waals surface area (Å²) in [7, 11) is 0. The van der Waals surface area contributed by atoms with Crippen molar-refractivity contribution in [2.24, 2.45) is 5.92 Å². The molecule has 6 nitrogen and oxygen atoms in total. The average Bonchev–Trinajstić information content (AvgIpc) is 2.97. The van der Waals surface area contributed by atoms with E-state index in [0.717, 1.165) is 6.42 Å². The molecule has 0 spiro atoms. The number of carbonyl (C=O) groups excluding carboxylic acids is 1. The predicted molar refractivity (Wildman–Crippen MR) is 74.5 cm³/mol. The van der Waals surface area contributed by atoms with Gasteiger partial charge in [0.1, 0.15) is 11.7 Å². The molecule has 0 aliphatic rings. The zero-order valence-corrected chi connectivity index (χ0v) is 12.4. The highest BCUT2D eigenvalue weighted by molar-refractivity contribution is 6.30. The lowest BCUT2D eigenvalue weighted by molar-refractivity contribution is 0.0928. The van der Waals surface area contributed by atoms with Gasteiger partial charge in [0, 0.05) is 12.6 Å². The van der Waals surface area contributed by atoms with Gasteiger partial charge in [0.15, 0.2) is 5.82 Å². The number of nitrogens with one attached hydrogen (secondary N) is 2. The van der Waals surface area contributed by atoms with Crippen molar-refractivity contribution < 1.29 is 9.32 Å². The van der Waals surface area contributed by atoms with Gasteiger partial charge >= 0.3 is 0 Å². The van der Waals surface area contributed by atoms with Crippen LogP contribution in [0, 0.1) is 5.92 Å². The highest BCUT2D eigenvalue weighted by Gasteiger charge is 2.18. The molecule has 0 aliphatic carbocycles. The number of H-pyrrole nitrogens is 1.